The number of rotatable bonds is 5. The van der Waals surface area contributed by atoms with Crippen molar-refractivity contribution in [1.82, 2.24) is 5.32 Å². The number of ether oxygens (including phenoxy) is 1. The standard InChI is InChI=1S/C19H19ClN2O3/c20-15-8-6-13(7-9-15)19(24)22-16-4-1-3-14(11-16)18(23)21-12-17-5-2-10-25-17/h1,3-4,6-9,11,17H,2,5,10,12H2,(H,21,23)(H,22,24)/t17-/m1/s1. The van der Waals surface area contributed by atoms with Gasteiger partial charge in [0, 0.05) is 35.0 Å². The van der Waals surface area contributed by atoms with Crippen molar-refractivity contribution in [2.24, 2.45) is 0 Å². The third-order valence-electron chi connectivity index (χ3n) is 4.00. The van der Waals surface area contributed by atoms with Crippen molar-refractivity contribution in [3.63, 3.8) is 0 Å². The van der Waals surface area contributed by atoms with E-state index in [-0.39, 0.29) is 17.9 Å². The third kappa shape index (κ3) is 4.81. The van der Waals surface area contributed by atoms with Crippen molar-refractivity contribution in [2.75, 3.05) is 18.5 Å². The second kappa shape index (κ2) is 8.14. The molecule has 0 radical (unpaired) electrons. The van der Waals surface area contributed by atoms with Gasteiger partial charge in [0.2, 0.25) is 0 Å². The molecule has 0 spiro atoms. The van der Waals surface area contributed by atoms with E-state index in [2.05, 4.69) is 10.6 Å². The van der Waals surface area contributed by atoms with E-state index < -0.39 is 0 Å². The summed E-state index contributed by atoms with van der Waals surface area (Å²) < 4.78 is 5.49. The first kappa shape index (κ1) is 17.5. The fourth-order valence-corrected chi connectivity index (χ4v) is 2.78. The number of hydrogen-bond acceptors (Lipinski definition) is 3. The molecule has 2 aromatic carbocycles. The summed E-state index contributed by atoms with van der Waals surface area (Å²) in [6.07, 6.45) is 2.10. The van der Waals surface area contributed by atoms with Gasteiger partial charge < -0.3 is 15.4 Å². The molecule has 0 unspecified atom stereocenters. The van der Waals surface area contributed by atoms with Crippen molar-refractivity contribution in [3.8, 4) is 0 Å². The summed E-state index contributed by atoms with van der Waals surface area (Å²) in [5.41, 5.74) is 1.55. The summed E-state index contributed by atoms with van der Waals surface area (Å²) in [7, 11) is 0. The smallest absolute Gasteiger partial charge is 0.255 e. The Morgan fingerprint density at radius 1 is 1.08 bits per heavy atom. The molecule has 2 amide bonds. The van der Waals surface area contributed by atoms with Crippen molar-refractivity contribution >= 4 is 29.1 Å². The highest BCUT2D eigenvalue weighted by Gasteiger charge is 2.17. The summed E-state index contributed by atoms with van der Waals surface area (Å²) in [6.45, 7) is 1.26. The van der Waals surface area contributed by atoms with Gasteiger partial charge in [0.25, 0.3) is 11.8 Å². The number of carbonyl (C=O) groups excluding carboxylic acids is 2. The van der Waals surface area contributed by atoms with Crippen molar-refractivity contribution in [1.29, 1.82) is 0 Å². The van der Waals surface area contributed by atoms with E-state index in [1.54, 1.807) is 48.5 Å². The maximum absolute atomic E-state index is 12.3. The summed E-state index contributed by atoms with van der Waals surface area (Å²) in [5, 5.41) is 6.22. The van der Waals surface area contributed by atoms with Crippen LogP contribution in [0.5, 0.6) is 0 Å². The Morgan fingerprint density at radius 2 is 1.88 bits per heavy atom. The van der Waals surface area contributed by atoms with Crippen LogP contribution in [0.25, 0.3) is 0 Å². The number of benzene rings is 2. The average molecular weight is 359 g/mol. The quantitative estimate of drug-likeness (QED) is 0.859. The zero-order valence-corrected chi connectivity index (χ0v) is 14.4. The monoisotopic (exact) mass is 358 g/mol. The maximum atomic E-state index is 12.3. The molecule has 1 aliphatic rings. The number of amides is 2. The first-order valence-electron chi connectivity index (χ1n) is 8.18. The van der Waals surface area contributed by atoms with Gasteiger partial charge in [-0.3, -0.25) is 9.59 Å². The molecule has 130 valence electrons. The normalized spacial score (nSPS) is 16.4. The van der Waals surface area contributed by atoms with Gasteiger partial charge in [-0.05, 0) is 55.3 Å². The van der Waals surface area contributed by atoms with E-state index in [9.17, 15) is 9.59 Å². The Labute approximate surface area is 151 Å². The van der Waals surface area contributed by atoms with Crippen molar-refractivity contribution in [3.05, 3.63) is 64.7 Å². The van der Waals surface area contributed by atoms with Crippen LogP contribution >= 0.6 is 11.6 Å². The van der Waals surface area contributed by atoms with E-state index in [4.69, 9.17) is 16.3 Å². The molecule has 3 rings (SSSR count). The molecule has 25 heavy (non-hydrogen) atoms. The number of anilines is 1. The van der Waals surface area contributed by atoms with Crippen LogP contribution < -0.4 is 10.6 Å². The Kier molecular flexibility index (Phi) is 5.68. The molecule has 1 atom stereocenters. The Morgan fingerprint density at radius 3 is 2.60 bits per heavy atom. The van der Waals surface area contributed by atoms with Gasteiger partial charge in [-0.25, -0.2) is 0 Å². The average Bonchev–Trinajstić information content (AvgIpc) is 3.14. The Bertz CT molecular complexity index is 756. The zero-order valence-electron chi connectivity index (χ0n) is 13.6. The number of hydrogen-bond donors (Lipinski definition) is 2. The highest BCUT2D eigenvalue weighted by atomic mass is 35.5. The highest BCUT2D eigenvalue weighted by molar-refractivity contribution is 6.30. The minimum atomic E-state index is -0.256. The fourth-order valence-electron chi connectivity index (χ4n) is 2.66. The van der Waals surface area contributed by atoms with Crippen LogP contribution in [0.1, 0.15) is 33.6 Å². The molecule has 5 nitrogen and oxygen atoms in total. The second-order valence-corrected chi connectivity index (χ2v) is 6.32. The van der Waals surface area contributed by atoms with Gasteiger partial charge >= 0.3 is 0 Å². The van der Waals surface area contributed by atoms with Gasteiger partial charge in [0.15, 0.2) is 0 Å². The SMILES string of the molecule is O=C(NC[C@H]1CCCO1)c1cccc(NC(=O)c2ccc(Cl)cc2)c1. The van der Waals surface area contributed by atoms with E-state index in [0.29, 0.717) is 28.4 Å². The van der Waals surface area contributed by atoms with Crippen LogP contribution in [0.15, 0.2) is 48.5 Å². The molecule has 2 N–H and O–H groups in total. The molecule has 1 heterocycles. The molecule has 0 bridgehead atoms. The van der Waals surface area contributed by atoms with E-state index in [0.717, 1.165) is 19.4 Å². The first-order valence-corrected chi connectivity index (χ1v) is 8.56. The lowest BCUT2D eigenvalue weighted by molar-refractivity contribution is 0.0857. The van der Waals surface area contributed by atoms with Gasteiger partial charge in [-0.15, -0.1) is 0 Å². The van der Waals surface area contributed by atoms with Crippen molar-refractivity contribution in [2.45, 2.75) is 18.9 Å². The first-order chi connectivity index (χ1) is 12.1. The van der Waals surface area contributed by atoms with E-state index >= 15 is 0 Å². The Hall–Kier alpha value is -2.37. The van der Waals surface area contributed by atoms with Gasteiger partial charge in [-0.1, -0.05) is 17.7 Å². The van der Waals surface area contributed by atoms with Crippen LogP contribution in [-0.2, 0) is 4.74 Å². The molecule has 1 saturated heterocycles. The molecule has 6 heteroatoms. The molecule has 0 saturated carbocycles. The van der Waals surface area contributed by atoms with Gasteiger partial charge in [0.05, 0.1) is 6.10 Å². The van der Waals surface area contributed by atoms with Crippen LogP contribution in [0.3, 0.4) is 0 Å². The third-order valence-corrected chi connectivity index (χ3v) is 4.26. The topological polar surface area (TPSA) is 67.4 Å². The molecule has 1 aliphatic heterocycles. The van der Waals surface area contributed by atoms with Crippen LogP contribution in [0, 0.1) is 0 Å². The van der Waals surface area contributed by atoms with E-state index in [1.165, 1.54) is 0 Å². The molecule has 2 aromatic rings. The largest absolute Gasteiger partial charge is 0.376 e. The molecular weight excluding hydrogens is 340 g/mol. The molecule has 0 aliphatic carbocycles. The predicted molar refractivity (Wildman–Crippen MR) is 97.2 cm³/mol. The number of halogens is 1. The zero-order chi connectivity index (χ0) is 17.6. The van der Waals surface area contributed by atoms with E-state index in [1.807, 2.05) is 0 Å². The minimum Gasteiger partial charge on any atom is -0.376 e. The molecule has 1 fully saturated rings. The summed E-state index contributed by atoms with van der Waals surface area (Å²) in [6, 6.07) is 13.5. The maximum Gasteiger partial charge on any atom is 0.255 e. The van der Waals surface area contributed by atoms with Crippen LogP contribution in [0.4, 0.5) is 5.69 Å². The lowest BCUT2D eigenvalue weighted by atomic mass is 10.1. The minimum absolute atomic E-state index is 0.0942. The highest BCUT2D eigenvalue weighted by Crippen LogP contribution is 2.15. The molecule has 0 aromatic heterocycles. The summed E-state index contributed by atoms with van der Waals surface area (Å²) in [5.74, 6) is -0.438. The Balaban J connectivity index is 1.61. The second-order valence-electron chi connectivity index (χ2n) is 5.89. The van der Waals surface area contributed by atoms with Crippen molar-refractivity contribution < 1.29 is 14.3 Å². The number of nitrogens with one attached hydrogen (secondary N) is 2. The summed E-state index contributed by atoms with van der Waals surface area (Å²) in [4.78, 5) is 24.5. The van der Waals surface area contributed by atoms with Crippen LogP contribution in [0.2, 0.25) is 5.02 Å². The summed E-state index contributed by atoms with van der Waals surface area (Å²) >= 11 is 5.82. The lowest BCUT2D eigenvalue weighted by Gasteiger charge is -2.11. The fraction of sp³-hybridized carbons (Fsp3) is 0.263. The van der Waals surface area contributed by atoms with Crippen LogP contribution in [-0.4, -0.2) is 31.1 Å². The van der Waals surface area contributed by atoms with Gasteiger partial charge in [0.1, 0.15) is 0 Å². The number of carbonyl (C=O) groups is 2. The molecular formula is C19H19ClN2O3. The lowest BCUT2D eigenvalue weighted by Crippen LogP contribution is -2.31. The van der Waals surface area contributed by atoms with Gasteiger partial charge in [-0.2, -0.15) is 0 Å². The predicted octanol–water partition coefficient (Wildman–Crippen LogP) is 3.50.